The number of halogens is 5. The van der Waals surface area contributed by atoms with E-state index >= 15 is 0 Å². The molecule has 0 unspecified atom stereocenters. The van der Waals surface area contributed by atoms with Crippen LogP contribution in [0.1, 0.15) is 38.5 Å². The van der Waals surface area contributed by atoms with E-state index in [9.17, 15) is 26.7 Å². The third kappa shape index (κ3) is 2.83. The molecule has 0 aromatic heterocycles. The molecule has 0 atom stereocenters. The Balaban J connectivity index is 1.44. The maximum atomic E-state index is 13.6. The summed E-state index contributed by atoms with van der Waals surface area (Å²) in [5, 5.41) is 0. The molecule has 0 saturated heterocycles. The molecule has 4 aliphatic rings. The molecule has 1 aromatic rings. The minimum Gasteiger partial charge on any atom is -0.433 e. The number of carbonyl (C=O) groups is 1. The van der Waals surface area contributed by atoms with Gasteiger partial charge in [0.05, 0.1) is 0 Å². The van der Waals surface area contributed by atoms with Gasteiger partial charge in [-0.3, -0.25) is 0 Å². The molecule has 0 heterocycles. The van der Waals surface area contributed by atoms with Gasteiger partial charge in [-0.15, -0.1) is 0 Å². The molecule has 8 heteroatoms. The quantitative estimate of drug-likeness (QED) is 0.242. The van der Waals surface area contributed by atoms with Crippen molar-refractivity contribution < 1.29 is 36.2 Å². The summed E-state index contributed by atoms with van der Waals surface area (Å²) in [7, 11) is 0. The third-order valence-corrected chi connectivity index (χ3v) is 6.02. The van der Waals surface area contributed by atoms with E-state index in [2.05, 4.69) is 4.74 Å². The summed E-state index contributed by atoms with van der Waals surface area (Å²) in [5.74, 6) is -10.9. The van der Waals surface area contributed by atoms with Gasteiger partial charge in [0.1, 0.15) is 6.61 Å². The van der Waals surface area contributed by atoms with E-state index < -0.39 is 41.0 Å². The van der Waals surface area contributed by atoms with Gasteiger partial charge in [0.25, 0.3) is 0 Å². The number of benzene rings is 1. The Morgan fingerprint density at radius 1 is 0.808 bits per heavy atom. The molecule has 1 aromatic carbocycles. The van der Waals surface area contributed by atoms with Crippen molar-refractivity contribution in [2.75, 3.05) is 6.61 Å². The second kappa shape index (κ2) is 6.09. The molecule has 0 amide bonds. The number of rotatable bonds is 3. The lowest BCUT2D eigenvalue weighted by atomic mass is 9.50. The van der Waals surface area contributed by atoms with Crippen molar-refractivity contribution in [2.24, 2.45) is 23.2 Å². The van der Waals surface area contributed by atoms with Gasteiger partial charge in [0, 0.05) is 5.41 Å². The van der Waals surface area contributed by atoms with E-state index in [1.807, 2.05) is 0 Å². The Labute approximate surface area is 146 Å². The fourth-order valence-electron chi connectivity index (χ4n) is 5.47. The molecule has 5 rings (SSSR count). The molecule has 4 fully saturated rings. The van der Waals surface area contributed by atoms with Crippen molar-refractivity contribution in [2.45, 2.75) is 38.5 Å². The molecule has 4 saturated carbocycles. The third-order valence-electron chi connectivity index (χ3n) is 6.02. The first-order chi connectivity index (χ1) is 12.3. The first-order valence-electron chi connectivity index (χ1n) is 8.64. The molecular formula is C18H17F5O3. The minimum absolute atomic E-state index is 0.0325. The molecule has 142 valence electrons. The Kier molecular flexibility index (Phi) is 4.11. The van der Waals surface area contributed by atoms with Crippen LogP contribution in [0.5, 0.6) is 5.75 Å². The van der Waals surface area contributed by atoms with Gasteiger partial charge in [-0.2, -0.15) is 8.78 Å². The van der Waals surface area contributed by atoms with Crippen LogP contribution in [-0.4, -0.2) is 12.8 Å². The van der Waals surface area contributed by atoms with Crippen molar-refractivity contribution >= 4 is 6.16 Å². The Bertz CT molecular complexity index is 699. The van der Waals surface area contributed by atoms with Gasteiger partial charge in [-0.25, -0.2) is 18.0 Å². The van der Waals surface area contributed by atoms with E-state index in [0.29, 0.717) is 17.8 Å². The molecule has 0 N–H and O–H groups in total. The predicted molar refractivity (Wildman–Crippen MR) is 78.8 cm³/mol. The zero-order valence-electron chi connectivity index (χ0n) is 13.8. The van der Waals surface area contributed by atoms with Crippen LogP contribution in [0.15, 0.2) is 0 Å². The molecule has 4 aliphatic carbocycles. The van der Waals surface area contributed by atoms with Crippen LogP contribution in [0.3, 0.4) is 0 Å². The smallest absolute Gasteiger partial charge is 0.433 e. The van der Waals surface area contributed by atoms with Crippen LogP contribution in [0.4, 0.5) is 26.7 Å². The SMILES string of the molecule is O=C(OCC12CC3CC(CC(C3)C1)C2)Oc1c(F)c(F)c(F)c(F)c1F. The molecule has 0 aliphatic heterocycles. The second-order valence-electron chi connectivity index (χ2n) is 7.96. The van der Waals surface area contributed by atoms with Crippen LogP contribution in [0.25, 0.3) is 0 Å². The summed E-state index contributed by atoms with van der Waals surface area (Å²) in [4.78, 5) is 11.8. The fraction of sp³-hybridized carbons (Fsp3) is 0.611. The zero-order valence-corrected chi connectivity index (χ0v) is 13.8. The first-order valence-corrected chi connectivity index (χ1v) is 8.64. The van der Waals surface area contributed by atoms with Crippen molar-refractivity contribution in [3.63, 3.8) is 0 Å². The number of ether oxygens (including phenoxy) is 2. The van der Waals surface area contributed by atoms with Crippen molar-refractivity contribution in [3.05, 3.63) is 29.1 Å². The second-order valence-corrected chi connectivity index (χ2v) is 7.96. The van der Waals surface area contributed by atoms with E-state index in [0.717, 1.165) is 19.3 Å². The highest BCUT2D eigenvalue weighted by Crippen LogP contribution is 2.60. The van der Waals surface area contributed by atoms with Gasteiger partial charge in [0.15, 0.2) is 0 Å². The standard InChI is InChI=1S/C18H17F5O3/c19-11-12(20)14(22)16(15(23)13(11)21)26-17(24)25-7-18-4-8-1-9(5-18)3-10(2-8)6-18/h8-10H,1-7H2. The van der Waals surface area contributed by atoms with Crippen molar-refractivity contribution in [3.8, 4) is 5.75 Å². The predicted octanol–water partition coefficient (Wildman–Crippen LogP) is 5.11. The first kappa shape index (κ1) is 17.5. The lowest BCUT2D eigenvalue weighted by Crippen LogP contribution is -2.48. The van der Waals surface area contributed by atoms with Gasteiger partial charge in [-0.05, 0) is 56.3 Å². The fourth-order valence-corrected chi connectivity index (χ4v) is 5.47. The van der Waals surface area contributed by atoms with E-state index in [1.54, 1.807) is 0 Å². The summed E-state index contributed by atoms with van der Waals surface area (Å²) < 4.78 is 75.8. The van der Waals surface area contributed by atoms with E-state index in [-0.39, 0.29) is 12.0 Å². The average Bonchev–Trinajstić information content (AvgIpc) is 2.59. The van der Waals surface area contributed by atoms with Crippen LogP contribution in [0, 0.1) is 52.3 Å². The Morgan fingerprint density at radius 3 is 1.69 bits per heavy atom. The highest BCUT2D eigenvalue weighted by Gasteiger charge is 2.51. The van der Waals surface area contributed by atoms with Gasteiger partial charge in [-0.1, -0.05) is 0 Å². The maximum absolute atomic E-state index is 13.6. The maximum Gasteiger partial charge on any atom is 0.514 e. The summed E-state index contributed by atoms with van der Waals surface area (Å²) in [6, 6.07) is 0. The van der Waals surface area contributed by atoms with Crippen molar-refractivity contribution in [1.29, 1.82) is 0 Å². The summed E-state index contributed by atoms with van der Waals surface area (Å²) >= 11 is 0. The van der Waals surface area contributed by atoms with Crippen molar-refractivity contribution in [1.82, 2.24) is 0 Å². The summed E-state index contributed by atoms with van der Waals surface area (Å²) in [6.45, 7) is 0.0325. The number of carbonyl (C=O) groups excluding carboxylic acids is 1. The molecular weight excluding hydrogens is 359 g/mol. The number of hydrogen-bond donors (Lipinski definition) is 0. The molecule has 4 bridgehead atoms. The van der Waals surface area contributed by atoms with E-state index in [4.69, 9.17) is 4.74 Å². The zero-order chi connectivity index (χ0) is 18.6. The van der Waals surface area contributed by atoms with Crippen LogP contribution in [-0.2, 0) is 4.74 Å². The van der Waals surface area contributed by atoms with Crippen LogP contribution in [0.2, 0.25) is 0 Å². The Morgan fingerprint density at radius 2 is 1.23 bits per heavy atom. The van der Waals surface area contributed by atoms with Gasteiger partial charge < -0.3 is 9.47 Å². The summed E-state index contributed by atoms with van der Waals surface area (Å²) in [6.07, 6.45) is 4.87. The largest absolute Gasteiger partial charge is 0.514 e. The van der Waals surface area contributed by atoms with Crippen LogP contribution >= 0.6 is 0 Å². The van der Waals surface area contributed by atoms with Crippen LogP contribution < -0.4 is 4.74 Å². The van der Waals surface area contributed by atoms with Gasteiger partial charge in [0.2, 0.25) is 34.8 Å². The van der Waals surface area contributed by atoms with E-state index in [1.165, 1.54) is 19.3 Å². The monoisotopic (exact) mass is 376 g/mol. The lowest BCUT2D eigenvalue weighted by molar-refractivity contribution is -0.0862. The summed E-state index contributed by atoms with van der Waals surface area (Å²) in [5.41, 5.74) is -0.163. The van der Waals surface area contributed by atoms with Gasteiger partial charge >= 0.3 is 6.16 Å². The minimum atomic E-state index is -2.31. The molecule has 26 heavy (non-hydrogen) atoms. The number of hydrogen-bond acceptors (Lipinski definition) is 3. The average molecular weight is 376 g/mol. The molecule has 0 radical (unpaired) electrons. The normalized spacial score (nSPS) is 32.0. The molecule has 3 nitrogen and oxygen atoms in total. The topological polar surface area (TPSA) is 35.5 Å². The Hall–Kier alpha value is -1.86. The lowest BCUT2D eigenvalue weighted by Gasteiger charge is -2.56. The molecule has 0 spiro atoms. The highest BCUT2D eigenvalue weighted by molar-refractivity contribution is 5.64. The highest BCUT2D eigenvalue weighted by atomic mass is 19.2.